The quantitative estimate of drug-likeness (QED) is 0.422. The van der Waals surface area contributed by atoms with E-state index in [1.165, 1.54) is 0 Å². The molecule has 0 unspecified atom stereocenters. The second-order valence-corrected chi connectivity index (χ2v) is 2.17. The lowest BCUT2D eigenvalue weighted by molar-refractivity contribution is 0.182. The van der Waals surface area contributed by atoms with Gasteiger partial charge in [-0.05, 0) is 12.8 Å². The first-order valence-corrected chi connectivity index (χ1v) is 3.62. The van der Waals surface area contributed by atoms with Gasteiger partial charge in [-0.15, -0.1) is 0 Å². The number of unbranched alkanes of at least 4 members (excludes halogenated alkanes) is 3. The molecule has 0 bridgehead atoms. The van der Waals surface area contributed by atoms with E-state index >= 15 is 0 Å². The first-order chi connectivity index (χ1) is 5.27. The molecule has 0 rings (SSSR count). The lowest BCUT2D eigenvalue weighted by atomic mass is 10.2. The molecular weight excluding hydrogens is 145 g/mol. The lowest BCUT2D eigenvalue weighted by Crippen LogP contribution is -2.17. The van der Waals surface area contributed by atoms with Crippen LogP contribution in [0.15, 0.2) is 0 Å². The molecule has 0 aliphatic carbocycles. The predicted octanol–water partition coefficient (Wildman–Crippen LogP) is 0.0565. The number of nitriles is 1. The molecule has 0 aliphatic rings. The fourth-order valence-electron chi connectivity index (χ4n) is 0.672. The third-order valence-corrected chi connectivity index (χ3v) is 1.20. The molecule has 11 heavy (non-hydrogen) atoms. The van der Waals surface area contributed by atoms with E-state index in [0.29, 0.717) is 13.0 Å². The van der Waals surface area contributed by atoms with Crippen LogP contribution in [0.2, 0.25) is 0 Å². The molecule has 0 aliphatic heterocycles. The third-order valence-electron chi connectivity index (χ3n) is 1.20. The summed E-state index contributed by atoms with van der Waals surface area (Å²) in [6, 6.07) is 2.03. The Labute approximate surface area is 66.6 Å². The van der Waals surface area contributed by atoms with Gasteiger partial charge in [0.25, 0.3) is 0 Å². The van der Waals surface area contributed by atoms with Gasteiger partial charge in [-0.3, -0.25) is 0 Å². The second-order valence-electron chi connectivity index (χ2n) is 2.17. The Morgan fingerprint density at radius 2 is 2.00 bits per heavy atom. The molecule has 0 saturated heterocycles. The summed E-state index contributed by atoms with van der Waals surface area (Å²) in [7, 11) is -1.66. The highest BCUT2D eigenvalue weighted by Crippen LogP contribution is 1.98. The maximum absolute atomic E-state index is 8.24. The van der Waals surface area contributed by atoms with Crippen molar-refractivity contribution in [2.45, 2.75) is 25.7 Å². The van der Waals surface area contributed by atoms with Crippen molar-refractivity contribution < 1.29 is 14.7 Å². The SMILES string of the molecule is N#CCCCCCOB(O)O. The van der Waals surface area contributed by atoms with Crippen LogP contribution in [0.3, 0.4) is 0 Å². The van der Waals surface area contributed by atoms with Crippen molar-refractivity contribution in [3.05, 3.63) is 0 Å². The Bertz CT molecular complexity index is 123. The first-order valence-electron chi connectivity index (χ1n) is 3.62. The van der Waals surface area contributed by atoms with Gasteiger partial charge in [0, 0.05) is 13.0 Å². The molecule has 5 heteroatoms. The van der Waals surface area contributed by atoms with E-state index in [-0.39, 0.29) is 0 Å². The molecule has 2 N–H and O–H groups in total. The van der Waals surface area contributed by atoms with E-state index in [9.17, 15) is 0 Å². The third kappa shape index (κ3) is 9.43. The van der Waals surface area contributed by atoms with Crippen LogP contribution in [0.4, 0.5) is 0 Å². The molecule has 0 spiro atoms. The molecular formula is C6H12BNO3. The van der Waals surface area contributed by atoms with Gasteiger partial charge in [-0.2, -0.15) is 5.26 Å². The van der Waals surface area contributed by atoms with Crippen LogP contribution >= 0.6 is 0 Å². The highest BCUT2D eigenvalue weighted by atomic mass is 16.6. The van der Waals surface area contributed by atoms with E-state index in [2.05, 4.69) is 4.65 Å². The van der Waals surface area contributed by atoms with Crippen LogP contribution < -0.4 is 0 Å². The topological polar surface area (TPSA) is 73.5 Å². The highest BCUT2D eigenvalue weighted by Gasteiger charge is 2.06. The molecule has 0 amide bonds. The maximum atomic E-state index is 8.24. The van der Waals surface area contributed by atoms with Gasteiger partial charge >= 0.3 is 7.32 Å². The van der Waals surface area contributed by atoms with E-state index in [1.807, 2.05) is 6.07 Å². The minimum absolute atomic E-state index is 0.336. The van der Waals surface area contributed by atoms with E-state index in [0.717, 1.165) is 19.3 Å². The second kappa shape index (κ2) is 7.54. The fraction of sp³-hybridized carbons (Fsp3) is 0.833. The average molecular weight is 157 g/mol. The van der Waals surface area contributed by atoms with Crippen LogP contribution in [-0.2, 0) is 4.65 Å². The summed E-state index contributed by atoms with van der Waals surface area (Å²) in [5.41, 5.74) is 0. The summed E-state index contributed by atoms with van der Waals surface area (Å²) in [5, 5.41) is 24.6. The monoisotopic (exact) mass is 157 g/mol. The number of rotatable bonds is 6. The molecule has 0 aromatic rings. The average Bonchev–Trinajstić information content (AvgIpc) is 1.96. The van der Waals surface area contributed by atoms with Crippen LogP contribution in [0.5, 0.6) is 0 Å². The summed E-state index contributed by atoms with van der Waals surface area (Å²) < 4.78 is 4.45. The first kappa shape index (κ1) is 10.4. The van der Waals surface area contributed by atoms with Crippen molar-refractivity contribution in [1.29, 1.82) is 5.26 Å². The van der Waals surface area contributed by atoms with Crippen molar-refractivity contribution in [3.63, 3.8) is 0 Å². The Morgan fingerprint density at radius 3 is 2.55 bits per heavy atom. The van der Waals surface area contributed by atoms with Crippen molar-refractivity contribution in [2.75, 3.05) is 6.61 Å². The van der Waals surface area contributed by atoms with Gasteiger partial charge in [0.05, 0.1) is 6.07 Å². The van der Waals surface area contributed by atoms with Gasteiger partial charge in [0.2, 0.25) is 0 Å². The molecule has 0 saturated carbocycles. The zero-order valence-corrected chi connectivity index (χ0v) is 6.36. The zero-order chi connectivity index (χ0) is 8.53. The van der Waals surface area contributed by atoms with E-state index in [1.54, 1.807) is 0 Å². The van der Waals surface area contributed by atoms with Crippen molar-refractivity contribution in [2.24, 2.45) is 0 Å². The van der Waals surface area contributed by atoms with Crippen molar-refractivity contribution in [3.8, 4) is 6.07 Å². The molecule has 62 valence electrons. The summed E-state index contributed by atoms with van der Waals surface area (Å²) in [6.45, 7) is 0.336. The maximum Gasteiger partial charge on any atom is 0.633 e. The van der Waals surface area contributed by atoms with Gasteiger partial charge in [0.15, 0.2) is 0 Å². The molecule has 4 nitrogen and oxygen atoms in total. The van der Waals surface area contributed by atoms with Gasteiger partial charge in [-0.25, -0.2) is 0 Å². The standard InChI is InChI=1S/C6H12BNO3/c8-5-3-1-2-4-6-11-7(9)10/h9-10H,1-4,6H2. The van der Waals surface area contributed by atoms with Crippen LogP contribution in [0, 0.1) is 11.3 Å². The van der Waals surface area contributed by atoms with Crippen molar-refractivity contribution >= 4 is 7.32 Å². The molecule has 0 aromatic heterocycles. The predicted molar refractivity (Wildman–Crippen MR) is 40.2 cm³/mol. The normalized spacial score (nSPS) is 9.18. The number of hydrogen-bond acceptors (Lipinski definition) is 4. The van der Waals surface area contributed by atoms with Crippen LogP contribution in [-0.4, -0.2) is 24.0 Å². The molecule has 0 atom stereocenters. The Hall–Kier alpha value is -0.565. The molecule has 0 heterocycles. The lowest BCUT2D eigenvalue weighted by Gasteiger charge is -2.00. The summed E-state index contributed by atoms with van der Waals surface area (Å²) in [5.74, 6) is 0. The summed E-state index contributed by atoms with van der Waals surface area (Å²) in [4.78, 5) is 0. The van der Waals surface area contributed by atoms with Gasteiger partial charge in [-0.1, -0.05) is 6.42 Å². The zero-order valence-electron chi connectivity index (χ0n) is 6.36. The van der Waals surface area contributed by atoms with Crippen molar-refractivity contribution in [1.82, 2.24) is 0 Å². The molecule has 0 fully saturated rings. The smallest absolute Gasteiger partial charge is 0.402 e. The highest BCUT2D eigenvalue weighted by molar-refractivity contribution is 6.32. The minimum atomic E-state index is -1.66. The number of hydrogen-bond donors (Lipinski definition) is 2. The van der Waals surface area contributed by atoms with E-state index < -0.39 is 7.32 Å². The number of nitrogens with zero attached hydrogens (tertiary/aromatic N) is 1. The molecule has 0 radical (unpaired) electrons. The Kier molecular flexibility index (Phi) is 7.15. The summed E-state index contributed by atoms with van der Waals surface area (Å²) in [6.07, 6.45) is 3.06. The summed E-state index contributed by atoms with van der Waals surface area (Å²) >= 11 is 0. The van der Waals surface area contributed by atoms with Gasteiger partial charge < -0.3 is 14.7 Å². The minimum Gasteiger partial charge on any atom is -0.402 e. The Morgan fingerprint density at radius 1 is 1.27 bits per heavy atom. The van der Waals surface area contributed by atoms with Crippen LogP contribution in [0.1, 0.15) is 25.7 Å². The van der Waals surface area contributed by atoms with Crippen LogP contribution in [0.25, 0.3) is 0 Å². The molecule has 0 aromatic carbocycles. The van der Waals surface area contributed by atoms with E-state index in [4.69, 9.17) is 15.3 Å². The Balaban J connectivity index is 2.86. The fourth-order valence-corrected chi connectivity index (χ4v) is 0.672. The largest absolute Gasteiger partial charge is 0.633 e. The van der Waals surface area contributed by atoms with Gasteiger partial charge in [0.1, 0.15) is 0 Å².